The lowest BCUT2D eigenvalue weighted by atomic mass is 10.0. The van der Waals surface area contributed by atoms with Crippen LogP contribution in [0.1, 0.15) is 40.5 Å². The molecule has 1 unspecified atom stereocenters. The molecule has 3 N–H and O–H groups in total. The third-order valence-electron chi connectivity index (χ3n) is 4.56. The number of nitrogens with two attached hydrogens (primary N) is 1. The fourth-order valence-electron chi connectivity index (χ4n) is 3.26. The summed E-state index contributed by atoms with van der Waals surface area (Å²) in [6.45, 7) is 13.0. The SMILES string of the molecule is CCN(CC)C(CN=C(N)Nc1ccc2c(c1)OCCCO2)CC(C)C.I. The van der Waals surface area contributed by atoms with Crippen molar-refractivity contribution in [2.24, 2.45) is 16.6 Å². The van der Waals surface area contributed by atoms with Crippen LogP contribution in [0.3, 0.4) is 0 Å². The predicted octanol–water partition coefficient (Wildman–Crippen LogP) is 3.95. The van der Waals surface area contributed by atoms with Crippen molar-refractivity contribution in [3.8, 4) is 11.5 Å². The first-order chi connectivity index (χ1) is 12.5. The average molecular weight is 490 g/mol. The topological polar surface area (TPSA) is 72.1 Å². The number of nitrogens with one attached hydrogen (secondary N) is 1. The first-order valence-electron chi connectivity index (χ1n) is 9.74. The summed E-state index contributed by atoms with van der Waals surface area (Å²) in [5.74, 6) is 2.59. The number of benzene rings is 1. The standard InChI is InChI=1S/C20H34N4O2.HI/c1-5-24(6-2)17(12-15(3)4)14-22-20(21)23-16-8-9-18-19(13-16)26-11-7-10-25-18;/h8-9,13,15,17H,5-7,10-12,14H2,1-4H3,(H3,21,22,23);1H. The van der Waals surface area contributed by atoms with Crippen molar-refractivity contribution >= 4 is 35.6 Å². The zero-order chi connectivity index (χ0) is 18.9. The van der Waals surface area contributed by atoms with Gasteiger partial charge in [-0.05, 0) is 37.6 Å². The Labute approximate surface area is 180 Å². The van der Waals surface area contributed by atoms with Gasteiger partial charge >= 0.3 is 0 Å². The number of likely N-dealkylation sites (N-methyl/N-ethyl adjacent to an activating group) is 1. The number of anilines is 1. The summed E-state index contributed by atoms with van der Waals surface area (Å²) in [6.07, 6.45) is 2.01. The molecule has 6 nitrogen and oxygen atoms in total. The Morgan fingerprint density at radius 1 is 1.19 bits per heavy atom. The van der Waals surface area contributed by atoms with Crippen LogP contribution in [0.5, 0.6) is 11.5 Å². The average Bonchev–Trinajstić information content (AvgIpc) is 2.85. The van der Waals surface area contributed by atoms with E-state index in [0.717, 1.165) is 43.1 Å². The molecule has 1 aromatic rings. The molecular formula is C20H35IN4O2. The summed E-state index contributed by atoms with van der Waals surface area (Å²) in [7, 11) is 0. The maximum absolute atomic E-state index is 6.12. The maximum Gasteiger partial charge on any atom is 0.193 e. The Morgan fingerprint density at radius 2 is 1.85 bits per heavy atom. The molecule has 1 aliphatic rings. The van der Waals surface area contributed by atoms with E-state index >= 15 is 0 Å². The number of hydrogen-bond donors (Lipinski definition) is 2. The second-order valence-electron chi connectivity index (χ2n) is 7.07. The number of halogens is 1. The van der Waals surface area contributed by atoms with Gasteiger partial charge in [-0.25, -0.2) is 0 Å². The summed E-state index contributed by atoms with van der Waals surface area (Å²) in [5, 5.41) is 3.17. The van der Waals surface area contributed by atoms with Gasteiger partial charge in [-0.15, -0.1) is 24.0 Å². The van der Waals surface area contributed by atoms with Gasteiger partial charge < -0.3 is 20.5 Å². The van der Waals surface area contributed by atoms with Crippen LogP contribution in [0.15, 0.2) is 23.2 Å². The molecule has 2 rings (SSSR count). The number of rotatable bonds is 8. The van der Waals surface area contributed by atoms with Gasteiger partial charge in [-0.1, -0.05) is 27.7 Å². The Bertz CT molecular complexity index is 591. The highest BCUT2D eigenvalue weighted by Crippen LogP contribution is 2.32. The zero-order valence-electron chi connectivity index (χ0n) is 17.0. The molecule has 27 heavy (non-hydrogen) atoms. The molecule has 0 saturated heterocycles. The number of ether oxygens (including phenoxy) is 2. The van der Waals surface area contributed by atoms with Gasteiger partial charge in [0, 0.05) is 24.2 Å². The van der Waals surface area contributed by atoms with Gasteiger partial charge in [-0.3, -0.25) is 9.89 Å². The lowest BCUT2D eigenvalue weighted by Crippen LogP contribution is -2.39. The number of hydrogen-bond acceptors (Lipinski definition) is 4. The molecule has 154 valence electrons. The van der Waals surface area contributed by atoms with E-state index in [-0.39, 0.29) is 24.0 Å². The van der Waals surface area contributed by atoms with Crippen LogP contribution in [0.2, 0.25) is 0 Å². The fraction of sp³-hybridized carbons (Fsp3) is 0.650. The van der Waals surface area contributed by atoms with E-state index in [1.165, 1.54) is 0 Å². The van der Waals surface area contributed by atoms with Gasteiger partial charge in [0.1, 0.15) is 0 Å². The van der Waals surface area contributed by atoms with Crippen LogP contribution in [0.25, 0.3) is 0 Å². The van der Waals surface area contributed by atoms with Crippen molar-refractivity contribution in [2.75, 3.05) is 38.2 Å². The van der Waals surface area contributed by atoms with E-state index < -0.39 is 0 Å². The van der Waals surface area contributed by atoms with Crippen molar-refractivity contribution < 1.29 is 9.47 Å². The minimum atomic E-state index is 0. The van der Waals surface area contributed by atoms with E-state index in [2.05, 4.69) is 42.9 Å². The maximum atomic E-state index is 6.12. The second-order valence-corrected chi connectivity index (χ2v) is 7.07. The third kappa shape index (κ3) is 7.73. The molecule has 0 fully saturated rings. The Kier molecular flexibility index (Phi) is 10.8. The molecule has 1 heterocycles. The van der Waals surface area contributed by atoms with Crippen molar-refractivity contribution in [3.05, 3.63) is 18.2 Å². The molecule has 7 heteroatoms. The minimum Gasteiger partial charge on any atom is -0.490 e. The van der Waals surface area contributed by atoms with Gasteiger partial charge in [0.05, 0.1) is 19.8 Å². The number of guanidine groups is 1. The number of fused-ring (bicyclic) bond motifs is 1. The summed E-state index contributed by atoms with van der Waals surface area (Å²) < 4.78 is 11.4. The first kappa shape index (κ1) is 23.8. The molecule has 1 aromatic carbocycles. The molecule has 0 spiro atoms. The van der Waals surface area contributed by atoms with Crippen molar-refractivity contribution in [1.29, 1.82) is 0 Å². The monoisotopic (exact) mass is 490 g/mol. The van der Waals surface area contributed by atoms with E-state index in [9.17, 15) is 0 Å². The van der Waals surface area contributed by atoms with E-state index in [0.29, 0.717) is 37.7 Å². The largest absolute Gasteiger partial charge is 0.490 e. The van der Waals surface area contributed by atoms with Gasteiger partial charge in [0.15, 0.2) is 17.5 Å². The molecule has 0 bridgehead atoms. The lowest BCUT2D eigenvalue weighted by Gasteiger charge is -2.29. The van der Waals surface area contributed by atoms with Crippen LogP contribution in [-0.4, -0.2) is 49.7 Å². The minimum absolute atomic E-state index is 0. The summed E-state index contributed by atoms with van der Waals surface area (Å²) >= 11 is 0. The molecule has 0 saturated carbocycles. The van der Waals surface area contributed by atoms with Crippen LogP contribution in [-0.2, 0) is 0 Å². The molecule has 0 radical (unpaired) electrons. The molecule has 0 amide bonds. The van der Waals surface area contributed by atoms with Crippen LogP contribution >= 0.6 is 24.0 Å². The molecule has 1 aliphatic heterocycles. The summed E-state index contributed by atoms with van der Waals surface area (Å²) in [6, 6.07) is 6.17. The molecule has 1 atom stereocenters. The van der Waals surface area contributed by atoms with Crippen LogP contribution in [0.4, 0.5) is 5.69 Å². The van der Waals surface area contributed by atoms with E-state index in [4.69, 9.17) is 15.2 Å². The Hall–Kier alpha value is -1.22. The molecule has 0 aliphatic carbocycles. The number of nitrogens with zero attached hydrogens (tertiary/aromatic N) is 2. The third-order valence-corrected chi connectivity index (χ3v) is 4.56. The molecule has 0 aromatic heterocycles. The smallest absolute Gasteiger partial charge is 0.193 e. The Balaban J connectivity index is 0.00000364. The summed E-state index contributed by atoms with van der Waals surface area (Å²) in [4.78, 5) is 7.04. The van der Waals surface area contributed by atoms with E-state index in [1.54, 1.807) is 0 Å². The van der Waals surface area contributed by atoms with Gasteiger partial charge in [0.2, 0.25) is 0 Å². The van der Waals surface area contributed by atoms with Gasteiger partial charge in [0.25, 0.3) is 0 Å². The summed E-state index contributed by atoms with van der Waals surface area (Å²) in [5.41, 5.74) is 6.98. The quantitative estimate of drug-likeness (QED) is 0.328. The second kappa shape index (κ2) is 12.3. The van der Waals surface area contributed by atoms with Crippen molar-refractivity contribution in [3.63, 3.8) is 0 Å². The fourth-order valence-corrected chi connectivity index (χ4v) is 3.26. The molecular weight excluding hydrogens is 455 g/mol. The predicted molar refractivity (Wildman–Crippen MR) is 124 cm³/mol. The van der Waals surface area contributed by atoms with Crippen LogP contribution < -0.4 is 20.5 Å². The van der Waals surface area contributed by atoms with Crippen molar-refractivity contribution in [2.45, 2.75) is 46.6 Å². The normalized spacial score (nSPS) is 15.3. The first-order valence-corrected chi connectivity index (χ1v) is 9.74. The highest BCUT2D eigenvalue weighted by Gasteiger charge is 2.17. The highest BCUT2D eigenvalue weighted by atomic mass is 127. The highest BCUT2D eigenvalue weighted by molar-refractivity contribution is 14.0. The van der Waals surface area contributed by atoms with Crippen molar-refractivity contribution in [1.82, 2.24) is 4.90 Å². The lowest BCUT2D eigenvalue weighted by molar-refractivity contribution is 0.196. The van der Waals surface area contributed by atoms with E-state index in [1.807, 2.05) is 18.2 Å². The van der Waals surface area contributed by atoms with Crippen LogP contribution in [0, 0.1) is 5.92 Å². The Morgan fingerprint density at radius 3 is 2.48 bits per heavy atom. The zero-order valence-corrected chi connectivity index (χ0v) is 19.4. The van der Waals surface area contributed by atoms with Gasteiger partial charge in [-0.2, -0.15) is 0 Å². The number of aliphatic imine (C=N–C) groups is 1.